The molecule has 2 aromatic carbocycles. The maximum Gasteiger partial charge on any atom is 0.241 e. The van der Waals surface area contributed by atoms with Crippen molar-refractivity contribution >= 4 is 40.0 Å². The molecule has 2 rings (SSSR count). The highest BCUT2D eigenvalue weighted by molar-refractivity contribution is 14.0. The van der Waals surface area contributed by atoms with Crippen LogP contribution in [0.4, 0.5) is 4.39 Å². The Morgan fingerprint density at radius 2 is 1.77 bits per heavy atom. The Balaban J connectivity index is 0.00000480. The largest absolute Gasteiger partial charge is 0.357 e. The highest BCUT2D eigenvalue weighted by Gasteiger charge is 2.24. The van der Waals surface area contributed by atoms with Crippen molar-refractivity contribution in [1.29, 1.82) is 0 Å². The van der Waals surface area contributed by atoms with Gasteiger partial charge in [-0.05, 0) is 63.4 Å². The molecule has 0 aliphatic carbocycles. The van der Waals surface area contributed by atoms with E-state index in [1.165, 1.54) is 12.1 Å². The van der Waals surface area contributed by atoms with Crippen LogP contribution in [-0.4, -0.2) is 33.0 Å². The van der Waals surface area contributed by atoms with Crippen molar-refractivity contribution in [2.75, 3.05) is 13.1 Å². The van der Waals surface area contributed by atoms with Gasteiger partial charge in [-0.1, -0.05) is 30.3 Å². The molecular formula is C22H32FIN4O2S. The van der Waals surface area contributed by atoms with E-state index in [1.807, 2.05) is 13.0 Å². The van der Waals surface area contributed by atoms with E-state index in [4.69, 9.17) is 0 Å². The summed E-state index contributed by atoms with van der Waals surface area (Å²) in [5.41, 5.74) is 0.919. The van der Waals surface area contributed by atoms with Gasteiger partial charge in [-0.3, -0.25) is 0 Å². The second-order valence-corrected chi connectivity index (χ2v) is 9.62. The lowest BCUT2D eigenvalue weighted by atomic mass is 10.1. The summed E-state index contributed by atoms with van der Waals surface area (Å²) in [5, 5.41) is 6.35. The van der Waals surface area contributed by atoms with Crippen LogP contribution >= 0.6 is 24.0 Å². The van der Waals surface area contributed by atoms with E-state index in [0.29, 0.717) is 31.0 Å². The van der Waals surface area contributed by atoms with Crippen molar-refractivity contribution in [3.63, 3.8) is 0 Å². The van der Waals surface area contributed by atoms with Crippen molar-refractivity contribution in [3.05, 3.63) is 65.5 Å². The highest BCUT2D eigenvalue weighted by atomic mass is 127. The van der Waals surface area contributed by atoms with Crippen molar-refractivity contribution in [2.45, 2.75) is 51.1 Å². The fourth-order valence-corrected chi connectivity index (χ4v) is 4.53. The van der Waals surface area contributed by atoms with Gasteiger partial charge in [0.15, 0.2) is 5.96 Å². The second-order valence-electron chi connectivity index (χ2n) is 7.97. The topological polar surface area (TPSA) is 82.6 Å². The average molecular weight is 562 g/mol. The molecule has 0 saturated carbocycles. The summed E-state index contributed by atoms with van der Waals surface area (Å²) in [6, 6.07) is 13.3. The molecule has 0 fully saturated rings. The quantitative estimate of drug-likeness (QED) is 0.260. The summed E-state index contributed by atoms with van der Waals surface area (Å²) in [7, 11) is -3.66. The molecule has 0 atom stereocenters. The molecule has 0 aliphatic rings. The molecule has 0 saturated heterocycles. The van der Waals surface area contributed by atoms with Gasteiger partial charge in [0, 0.05) is 18.6 Å². The summed E-state index contributed by atoms with van der Waals surface area (Å²) in [6.07, 6.45) is 0.642. The third-order valence-electron chi connectivity index (χ3n) is 4.05. The van der Waals surface area contributed by atoms with Gasteiger partial charge in [0.2, 0.25) is 10.0 Å². The first-order chi connectivity index (χ1) is 14.1. The predicted octanol–water partition coefficient (Wildman–Crippen LogP) is 3.82. The lowest BCUT2D eigenvalue weighted by Crippen LogP contribution is -2.41. The van der Waals surface area contributed by atoms with Gasteiger partial charge in [0.1, 0.15) is 5.82 Å². The SMILES string of the molecule is CCNC(=NCc1ccccc1S(=O)(=O)NC(C)(C)C)NCCc1cccc(F)c1.I. The minimum Gasteiger partial charge on any atom is -0.357 e. The van der Waals surface area contributed by atoms with Crippen LogP contribution in [0.15, 0.2) is 58.4 Å². The number of aliphatic imine (C=N–C) groups is 1. The fourth-order valence-electron chi connectivity index (χ4n) is 2.88. The smallest absolute Gasteiger partial charge is 0.241 e. The maximum absolute atomic E-state index is 13.3. The zero-order valence-electron chi connectivity index (χ0n) is 18.4. The van der Waals surface area contributed by atoms with E-state index in [9.17, 15) is 12.8 Å². The fraction of sp³-hybridized carbons (Fsp3) is 0.409. The van der Waals surface area contributed by atoms with Crippen LogP contribution in [0.25, 0.3) is 0 Å². The molecule has 3 N–H and O–H groups in total. The molecule has 172 valence electrons. The molecule has 9 heteroatoms. The second kappa shape index (κ2) is 12.4. The Kier molecular flexibility index (Phi) is 10.9. The zero-order chi connectivity index (χ0) is 22.2. The number of hydrogen-bond acceptors (Lipinski definition) is 3. The van der Waals surface area contributed by atoms with Crippen LogP contribution in [0.5, 0.6) is 0 Å². The number of halogens is 2. The van der Waals surface area contributed by atoms with E-state index in [0.717, 1.165) is 5.56 Å². The van der Waals surface area contributed by atoms with E-state index in [-0.39, 0.29) is 41.2 Å². The Morgan fingerprint density at radius 3 is 2.42 bits per heavy atom. The summed E-state index contributed by atoms with van der Waals surface area (Å²) in [5.74, 6) is 0.319. The van der Waals surface area contributed by atoms with Crippen LogP contribution in [-0.2, 0) is 23.0 Å². The zero-order valence-corrected chi connectivity index (χ0v) is 21.6. The van der Waals surface area contributed by atoms with Crippen LogP contribution in [0.3, 0.4) is 0 Å². The molecule has 2 aromatic rings. The van der Waals surface area contributed by atoms with Crippen LogP contribution in [0, 0.1) is 5.82 Å². The Bertz CT molecular complexity index is 975. The number of rotatable bonds is 8. The molecule has 0 heterocycles. The minimum atomic E-state index is -3.66. The highest BCUT2D eigenvalue weighted by Crippen LogP contribution is 2.18. The molecule has 0 radical (unpaired) electrons. The van der Waals surface area contributed by atoms with Crippen LogP contribution < -0.4 is 15.4 Å². The number of guanidine groups is 1. The summed E-state index contributed by atoms with van der Waals surface area (Å²) >= 11 is 0. The van der Waals surface area contributed by atoms with Gasteiger partial charge in [0.25, 0.3) is 0 Å². The molecule has 31 heavy (non-hydrogen) atoms. The lowest BCUT2D eigenvalue weighted by Gasteiger charge is -2.21. The van der Waals surface area contributed by atoms with Gasteiger partial charge in [0.05, 0.1) is 11.4 Å². The molecule has 0 aliphatic heterocycles. The van der Waals surface area contributed by atoms with E-state index >= 15 is 0 Å². The Labute approximate surface area is 202 Å². The Hall–Kier alpha value is -1.72. The molecule has 6 nitrogen and oxygen atoms in total. The predicted molar refractivity (Wildman–Crippen MR) is 135 cm³/mol. The Morgan fingerprint density at radius 1 is 1.06 bits per heavy atom. The van der Waals surface area contributed by atoms with Crippen LogP contribution in [0.1, 0.15) is 38.8 Å². The molecular weight excluding hydrogens is 530 g/mol. The molecule has 0 amide bonds. The normalized spacial score (nSPS) is 12.2. The third-order valence-corrected chi connectivity index (χ3v) is 5.91. The third kappa shape index (κ3) is 9.53. The van der Waals surface area contributed by atoms with Gasteiger partial charge in [-0.2, -0.15) is 0 Å². The van der Waals surface area contributed by atoms with Gasteiger partial charge in [-0.25, -0.2) is 22.5 Å². The summed E-state index contributed by atoms with van der Waals surface area (Å²) < 4.78 is 41.5. The molecule has 0 aromatic heterocycles. The van der Waals surface area contributed by atoms with E-state index in [1.54, 1.807) is 51.1 Å². The van der Waals surface area contributed by atoms with Crippen LogP contribution in [0.2, 0.25) is 0 Å². The minimum absolute atomic E-state index is 0. The van der Waals surface area contributed by atoms with Crippen molar-refractivity contribution in [1.82, 2.24) is 15.4 Å². The van der Waals surface area contributed by atoms with Crippen molar-refractivity contribution < 1.29 is 12.8 Å². The van der Waals surface area contributed by atoms with E-state index < -0.39 is 15.6 Å². The first kappa shape index (κ1) is 27.3. The van der Waals surface area contributed by atoms with Crippen molar-refractivity contribution in [3.8, 4) is 0 Å². The lowest BCUT2D eigenvalue weighted by molar-refractivity contribution is 0.491. The monoisotopic (exact) mass is 562 g/mol. The first-order valence-electron chi connectivity index (χ1n) is 9.99. The molecule has 0 spiro atoms. The average Bonchev–Trinajstić information content (AvgIpc) is 2.64. The number of nitrogens with one attached hydrogen (secondary N) is 3. The number of sulfonamides is 1. The van der Waals surface area contributed by atoms with E-state index in [2.05, 4.69) is 20.3 Å². The number of benzene rings is 2. The number of hydrogen-bond donors (Lipinski definition) is 3. The van der Waals surface area contributed by atoms with Gasteiger partial charge >= 0.3 is 0 Å². The van der Waals surface area contributed by atoms with Gasteiger partial charge in [-0.15, -0.1) is 24.0 Å². The summed E-state index contributed by atoms with van der Waals surface area (Å²) in [4.78, 5) is 4.75. The summed E-state index contributed by atoms with van der Waals surface area (Å²) in [6.45, 7) is 8.80. The maximum atomic E-state index is 13.3. The molecule has 0 unspecified atom stereocenters. The molecule has 0 bridgehead atoms. The van der Waals surface area contributed by atoms with Crippen molar-refractivity contribution in [2.24, 2.45) is 4.99 Å². The first-order valence-corrected chi connectivity index (χ1v) is 11.5. The standard InChI is InChI=1S/C22H31FN4O2S.HI/c1-5-24-21(25-14-13-17-9-8-11-19(23)15-17)26-16-18-10-6-7-12-20(18)30(28,29)27-22(2,3)4;/h6-12,15,27H,5,13-14,16H2,1-4H3,(H2,24,25,26);1H. The number of nitrogens with zero attached hydrogens (tertiary/aromatic N) is 1. The van der Waals surface area contributed by atoms with Gasteiger partial charge < -0.3 is 10.6 Å².